The largest absolute Gasteiger partial charge is 0.458 e. The molecular weight excluding hydrogens is 452 g/mol. The Hall–Kier alpha value is -2.29. The maximum absolute atomic E-state index is 13.1. The fourth-order valence-corrected chi connectivity index (χ4v) is 7.35. The van der Waals surface area contributed by atoms with Crippen LogP contribution in [0.3, 0.4) is 0 Å². The Morgan fingerprint density at radius 1 is 1.20 bits per heavy atom. The van der Waals surface area contributed by atoms with Gasteiger partial charge in [0.05, 0.1) is 12.2 Å². The van der Waals surface area contributed by atoms with Crippen molar-refractivity contribution in [1.82, 2.24) is 0 Å². The average molecular weight is 489 g/mol. The second-order valence-corrected chi connectivity index (χ2v) is 11.3. The molecule has 4 aliphatic carbocycles. The van der Waals surface area contributed by atoms with Crippen LogP contribution in [0.15, 0.2) is 34.9 Å². The van der Waals surface area contributed by atoms with E-state index in [9.17, 15) is 29.7 Å². The monoisotopic (exact) mass is 488 g/mol. The van der Waals surface area contributed by atoms with Gasteiger partial charge in [-0.1, -0.05) is 39.0 Å². The Bertz CT molecular complexity index is 1080. The van der Waals surface area contributed by atoms with Gasteiger partial charge in [0.1, 0.15) is 11.7 Å². The molecular formula is C27H36O8. The highest BCUT2D eigenvalue weighted by Gasteiger charge is 2.87. The molecule has 0 amide bonds. The summed E-state index contributed by atoms with van der Waals surface area (Å²) in [6.45, 7) is 11.3. The molecule has 0 aromatic carbocycles. The summed E-state index contributed by atoms with van der Waals surface area (Å²) in [5, 5.41) is 34.3. The minimum atomic E-state index is -1.94. The number of fused-ring (bicyclic) bond motifs is 5. The first-order valence-electron chi connectivity index (χ1n) is 12.2. The van der Waals surface area contributed by atoms with E-state index in [0.717, 1.165) is 0 Å². The molecule has 0 radical (unpaired) electrons. The number of rotatable bonds is 4. The van der Waals surface area contributed by atoms with Gasteiger partial charge in [0, 0.05) is 48.0 Å². The molecule has 4 rings (SSSR count). The van der Waals surface area contributed by atoms with E-state index >= 15 is 0 Å². The van der Waals surface area contributed by atoms with Gasteiger partial charge < -0.3 is 24.8 Å². The first-order chi connectivity index (χ1) is 16.1. The highest BCUT2D eigenvalue weighted by molar-refractivity contribution is 6.04. The minimum absolute atomic E-state index is 0.123. The van der Waals surface area contributed by atoms with Crippen LogP contribution in [0.25, 0.3) is 0 Å². The van der Waals surface area contributed by atoms with Gasteiger partial charge in [0.25, 0.3) is 0 Å². The molecule has 0 aromatic rings. The van der Waals surface area contributed by atoms with Crippen LogP contribution < -0.4 is 0 Å². The SMILES string of the molecule is C/C=C(\C)C(=O)OC12C(OC(C)=O)C(C)C3(O)C(C=C(CO)CC4(O)C(=O)C(C)=CC43)C1C2(C)C. The van der Waals surface area contributed by atoms with Crippen LogP contribution in [0, 0.1) is 29.1 Å². The molecule has 8 unspecified atom stereocenters. The van der Waals surface area contributed by atoms with Crippen LogP contribution in [0.2, 0.25) is 0 Å². The number of carbonyl (C=O) groups is 3. The zero-order valence-electron chi connectivity index (χ0n) is 21.4. The maximum atomic E-state index is 13.1. The second kappa shape index (κ2) is 7.85. The second-order valence-electron chi connectivity index (χ2n) is 11.3. The molecule has 2 fully saturated rings. The Labute approximate surface area is 205 Å². The van der Waals surface area contributed by atoms with Crippen molar-refractivity contribution in [3.63, 3.8) is 0 Å². The smallest absolute Gasteiger partial charge is 0.334 e. The molecule has 8 heteroatoms. The van der Waals surface area contributed by atoms with E-state index in [-0.39, 0.29) is 6.42 Å². The Balaban J connectivity index is 1.96. The summed E-state index contributed by atoms with van der Waals surface area (Å²) in [5.41, 5.74) is -4.45. The molecule has 0 aliphatic heterocycles. The number of hydrogen-bond donors (Lipinski definition) is 3. The van der Waals surface area contributed by atoms with Crippen LogP contribution in [0.5, 0.6) is 0 Å². The van der Waals surface area contributed by atoms with Crippen LogP contribution >= 0.6 is 0 Å². The van der Waals surface area contributed by atoms with Gasteiger partial charge in [0.15, 0.2) is 11.4 Å². The highest BCUT2D eigenvalue weighted by Crippen LogP contribution is 2.77. The van der Waals surface area contributed by atoms with Crippen LogP contribution in [0.4, 0.5) is 0 Å². The van der Waals surface area contributed by atoms with Crippen molar-refractivity contribution in [1.29, 1.82) is 0 Å². The van der Waals surface area contributed by atoms with Gasteiger partial charge in [-0.25, -0.2) is 4.79 Å². The number of Topliss-reactive ketones (excluding diaryl/α,β-unsaturated/α-hetero) is 1. The zero-order chi connectivity index (χ0) is 26.3. The highest BCUT2D eigenvalue weighted by atomic mass is 16.6. The summed E-state index contributed by atoms with van der Waals surface area (Å²) in [5.74, 6) is -4.63. The maximum Gasteiger partial charge on any atom is 0.334 e. The Morgan fingerprint density at radius 3 is 2.37 bits per heavy atom. The predicted molar refractivity (Wildman–Crippen MR) is 126 cm³/mol. The van der Waals surface area contributed by atoms with Gasteiger partial charge in [-0.3, -0.25) is 9.59 Å². The fraction of sp³-hybridized carbons (Fsp3) is 0.667. The van der Waals surface area contributed by atoms with Crippen molar-refractivity contribution >= 4 is 17.7 Å². The molecule has 0 heterocycles. The number of aliphatic hydroxyl groups excluding tert-OH is 1. The third-order valence-electron chi connectivity index (χ3n) is 9.27. The van der Waals surface area contributed by atoms with Gasteiger partial charge in [-0.15, -0.1) is 0 Å². The van der Waals surface area contributed by atoms with Crippen molar-refractivity contribution < 1.29 is 39.2 Å². The zero-order valence-corrected chi connectivity index (χ0v) is 21.4. The van der Waals surface area contributed by atoms with E-state index < -0.39 is 76.3 Å². The number of ether oxygens (including phenoxy) is 2. The lowest BCUT2D eigenvalue weighted by Gasteiger charge is -2.53. The van der Waals surface area contributed by atoms with E-state index in [1.165, 1.54) is 6.92 Å². The third kappa shape index (κ3) is 3.12. The number of aliphatic hydroxyl groups is 3. The quantitative estimate of drug-likeness (QED) is 0.311. The van der Waals surface area contributed by atoms with Crippen molar-refractivity contribution in [2.24, 2.45) is 29.1 Å². The third-order valence-corrected chi connectivity index (χ3v) is 9.27. The van der Waals surface area contributed by atoms with Gasteiger partial charge in [-0.05, 0) is 31.9 Å². The number of ketones is 1. The molecule has 0 spiro atoms. The van der Waals surface area contributed by atoms with Crippen LogP contribution in [-0.2, 0) is 23.9 Å². The predicted octanol–water partition coefficient (Wildman–Crippen LogP) is 2.02. The molecule has 0 aromatic heterocycles. The van der Waals surface area contributed by atoms with E-state index in [1.54, 1.807) is 45.9 Å². The number of carbonyl (C=O) groups excluding carboxylic acids is 3. The average Bonchev–Trinajstić information content (AvgIpc) is 3.21. The van der Waals surface area contributed by atoms with Crippen molar-refractivity contribution in [3.05, 3.63) is 34.9 Å². The lowest BCUT2D eigenvalue weighted by molar-refractivity contribution is -0.227. The summed E-state index contributed by atoms with van der Waals surface area (Å²) >= 11 is 0. The molecule has 192 valence electrons. The lowest BCUT2D eigenvalue weighted by atomic mass is 9.59. The van der Waals surface area contributed by atoms with E-state index in [1.807, 2.05) is 13.8 Å². The van der Waals surface area contributed by atoms with Crippen LogP contribution in [-0.4, -0.2) is 62.6 Å². The Kier molecular flexibility index (Phi) is 5.79. The number of esters is 2. The fourth-order valence-electron chi connectivity index (χ4n) is 7.35. The van der Waals surface area contributed by atoms with E-state index in [0.29, 0.717) is 16.7 Å². The molecule has 2 saturated carbocycles. The molecule has 3 N–H and O–H groups in total. The van der Waals surface area contributed by atoms with Gasteiger partial charge in [-0.2, -0.15) is 0 Å². The molecule has 35 heavy (non-hydrogen) atoms. The normalized spacial score (nSPS) is 43.7. The molecule has 8 nitrogen and oxygen atoms in total. The van der Waals surface area contributed by atoms with E-state index in [2.05, 4.69) is 0 Å². The van der Waals surface area contributed by atoms with Crippen molar-refractivity contribution in [2.75, 3.05) is 6.61 Å². The van der Waals surface area contributed by atoms with Gasteiger partial charge >= 0.3 is 11.9 Å². The number of allylic oxidation sites excluding steroid dienone is 1. The van der Waals surface area contributed by atoms with Gasteiger partial charge in [0.2, 0.25) is 0 Å². The topological polar surface area (TPSA) is 130 Å². The summed E-state index contributed by atoms with van der Waals surface area (Å²) in [7, 11) is 0. The Morgan fingerprint density at radius 2 is 1.83 bits per heavy atom. The summed E-state index contributed by atoms with van der Waals surface area (Å²) < 4.78 is 12.0. The van der Waals surface area contributed by atoms with Crippen LogP contribution in [0.1, 0.15) is 54.9 Å². The first-order valence-corrected chi connectivity index (χ1v) is 12.2. The molecule has 0 saturated heterocycles. The lowest BCUT2D eigenvalue weighted by Crippen LogP contribution is -2.66. The molecule has 4 aliphatic rings. The molecule has 8 atom stereocenters. The standard InChI is InChI=1S/C27H36O8/c1-8-13(2)23(31)35-27-20(24(27,6)7)18-10-17(12-28)11-25(32)19(9-14(3)21(25)30)26(18,33)15(4)22(27)34-16(5)29/h8-10,15,18-20,22,28,32-33H,11-12H2,1-7H3/b13-8+. The summed E-state index contributed by atoms with van der Waals surface area (Å²) in [4.78, 5) is 38.4. The van der Waals surface area contributed by atoms with Crippen molar-refractivity contribution in [3.8, 4) is 0 Å². The summed E-state index contributed by atoms with van der Waals surface area (Å²) in [6.07, 6.45) is 3.83. The first kappa shape index (κ1) is 25.8. The number of hydrogen-bond acceptors (Lipinski definition) is 8. The summed E-state index contributed by atoms with van der Waals surface area (Å²) in [6, 6.07) is 0. The minimum Gasteiger partial charge on any atom is -0.458 e. The molecule has 0 bridgehead atoms. The van der Waals surface area contributed by atoms with E-state index in [4.69, 9.17) is 9.47 Å². The van der Waals surface area contributed by atoms with Crippen molar-refractivity contribution in [2.45, 2.75) is 77.8 Å².